The number of fused-ring (bicyclic) bond motifs is 1. The van der Waals surface area contributed by atoms with Gasteiger partial charge in [-0.3, -0.25) is 0 Å². The first-order valence-electron chi connectivity index (χ1n) is 9.44. The number of H-pyrrole nitrogens is 1. The molecule has 2 aromatic heterocycles. The quantitative estimate of drug-likeness (QED) is 0.750. The van der Waals surface area contributed by atoms with Gasteiger partial charge in [-0.25, -0.2) is 18.7 Å². The van der Waals surface area contributed by atoms with E-state index in [9.17, 15) is 8.78 Å². The Hall–Kier alpha value is -2.80. The number of halogens is 2. The zero-order valence-electron chi connectivity index (χ0n) is 15.2. The third kappa shape index (κ3) is 2.96. The van der Waals surface area contributed by atoms with E-state index in [0.717, 1.165) is 34.5 Å². The van der Waals surface area contributed by atoms with E-state index in [2.05, 4.69) is 9.97 Å². The first kappa shape index (κ1) is 17.3. The van der Waals surface area contributed by atoms with Crippen molar-refractivity contribution in [2.45, 2.75) is 25.4 Å². The highest BCUT2D eigenvalue weighted by Crippen LogP contribution is 2.39. The van der Waals surface area contributed by atoms with Gasteiger partial charge >= 0.3 is 0 Å². The van der Waals surface area contributed by atoms with E-state index in [-0.39, 0.29) is 13.1 Å². The number of aromatic amines is 1. The summed E-state index contributed by atoms with van der Waals surface area (Å²) in [6, 6.07) is 11.8. The van der Waals surface area contributed by atoms with Crippen LogP contribution in [0.5, 0.6) is 0 Å². The molecule has 5 rings (SSSR count). The molecule has 0 aliphatic carbocycles. The van der Waals surface area contributed by atoms with E-state index in [1.165, 1.54) is 0 Å². The molecule has 2 aliphatic rings. The summed E-state index contributed by atoms with van der Waals surface area (Å²) >= 11 is 0. The fraction of sp³-hybridized carbons (Fsp3) is 0.333. The second kappa shape index (κ2) is 6.98. The van der Waals surface area contributed by atoms with E-state index in [4.69, 9.17) is 9.72 Å². The maximum atomic E-state index is 13.9. The summed E-state index contributed by atoms with van der Waals surface area (Å²) in [5.74, 6) is 1.21. The number of hydrogen-bond donors (Lipinski definition) is 1. The summed E-state index contributed by atoms with van der Waals surface area (Å²) in [6.07, 6.45) is -0.585. The fourth-order valence-electron chi connectivity index (χ4n) is 3.91. The Labute approximate surface area is 161 Å². The number of alkyl halides is 2. The molecule has 7 heteroatoms. The van der Waals surface area contributed by atoms with Crippen molar-refractivity contribution in [1.82, 2.24) is 15.0 Å². The Morgan fingerprint density at radius 3 is 2.61 bits per heavy atom. The molecule has 1 aromatic carbocycles. The predicted octanol–water partition coefficient (Wildman–Crippen LogP) is 3.71. The molecule has 0 spiro atoms. The lowest BCUT2D eigenvalue weighted by Crippen LogP contribution is -2.22. The molecule has 1 N–H and O–H groups in total. The molecule has 1 fully saturated rings. The minimum absolute atomic E-state index is 0.0110. The van der Waals surface area contributed by atoms with Crippen LogP contribution >= 0.6 is 0 Å². The SMILES string of the molecule is FC1CN(c2nccc(-c3ccccc3)c2-c2nc3c([nH]2)COCC3)CC1F. The number of imidazole rings is 1. The van der Waals surface area contributed by atoms with E-state index >= 15 is 0 Å². The number of anilines is 1. The summed E-state index contributed by atoms with van der Waals surface area (Å²) in [7, 11) is 0. The van der Waals surface area contributed by atoms with Gasteiger partial charge < -0.3 is 14.6 Å². The molecule has 5 nitrogen and oxygen atoms in total. The molecule has 28 heavy (non-hydrogen) atoms. The van der Waals surface area contributed by atoms with Crippen molar-refractivity contribution < 1.29 is 13.5 Å². The van der Waals surface area contributed by atoms with E-state index in [1.807, 2.05) is 36.4 Å². The van der Waals surface area contributed by atoms with Crippen LogP contribution < -0.4 is 4.90 Å². The Balaban J connectivity index is 1.69. The summed E-state index contributed by atoms with van der Waals surface area (Å²) in [5, 5.41) is 0. The Morgan fingerprint density at radius 1 is 1.07 bits per heavy atom. The van der Waals surface area contributed by atoms with Gasteiger partial charge in [0.05, 0.1) is 43.3 Å². The fourth-order valence-corrected chi connectivity index (χ4v) is 3.91. The van der Waals surface area contributed by atoms with Crippen molar-refractivity contribution in [3.63, 3.8) is 0 Å². The van der Waals surface area contributed by atoms with E-state index in [1.54, 1.807) is 11.1 Å². The van der Waals surface area contributed by atoms with Gasteiger partial charge in [-0.2, -0.15) is 0 Å². The van der Waals surface area contributed by atoms with Crippen molar-refractivity contribution >= 4 is 5.82 Å². The number of nitrogens with zero attached hydrogens (tertiary/aromatic N) is 3. The molecular formula is C21H20F2N4O. The van der Waals surface area contributed by atoms with Gasteiger partial charge in [-0.05, 0) is 17.2 Å². The second-order valence-electron chi connectivity index (χ2n) is 7.17. The van der Waals surface area contributed by atoms with Crippen molar-refractivity contribution in [3.05, 3.63) is 54.0 Å². The molecule has 2 atom stereocenters. The molecular weight excluding hydrogens is 362 g/mol. The van der Waals surface area contributed by atoms with E-state index < -0.39 is 12.3 Å². The molecule has 1 saturated heterocycles. The van der Waals surface area contributed by atoms with Gasteiger partial charge in [0.25, 0.3) is 0 Å². The van der Waals surface area contributed by atoms with Crippen LogP contribution in [-0.2, 0) is 17.8 Å². The van der Waals surface area contributed by atoms with Crippen molar-refractivity contribution in [2.24, 2.45) is 0 Å². The van der Waals surface area contributed by atoms with Crippen LogP contribution in [0.25, 0.3) is 22.5 Å². The van der Waals surface area contributed by atoms with Crippen LogP contribution in [0, 0.1) is 0 Å². The Bertz CT molecular complexity index is 958. The Morgan fingerprint density at radius 2 is 1.86 bits per heavy atom. The molecule has 4 heterocycles. The first-order valence-corrected chi connectivity index (χ1v) is 9.44. The number of nitrogens with one attached hydrogen (secondary N) is 1. The highest BCUT2D eigenvalue weighted by molar-refractivity contribution is 5.88. The zero-order chi connectivity index (χ0) is 19.1. The molecule has 3 aromatic rings. The minimum Gasteiger partial charge on any atom is -0.375 e. The first-order chi connectivity index (χ1) is 13.7. The lowest BCUT2D eigenvalue weighted by Gasteiger charge is -2.21. The Kier molecular flexibility index (Phi) is 4.31. The minimum atomic E-state index is -1.51. The molecule has 144 valence electrons. The zero-order valence-corrected chi connectivity index (χ0v) is 15.2. The van der Waals surface area contributed by atoms with Crippen LogP contribution in [0.15, 0.2) is 42.6 Å². The smallest absolute Gasteiger partial charge is 0.150 e. The molecule has 2 aliphatic heterocycles. The average Bonchev–Trinajstić information content (AvgIpc) is 3.31. The van der Waals surface area contributed by atoms with Gasteiger partial charge in [0.1, 0.15) is 11.6 Å². The van der Waals surface area contributed by atoms with Crippen LogP contribution in [0.2, 0.25) is 0 Å². The molecule has 2 unspecified atom stereocenters. The molecule has 0 bridgehead atoms. The number of benzene rings is 1. The van der Waals surface area contributed by atoms with Crippen molar-refractivity contribution in [3.8, 4) is 22.5 Å². The number of aromatic nitrogens is 3. The van der Waals surface area contributed by atoms with Gasteiger partial charge in [-0.1, -0.05) is 30.3 Å². The van der Waals surface area contributed by atoms with Crippen LogP contribution in [0.1, 0.15) is 11.4 Å². The highest BCUT2D eigenvalue weighted by atomic mass is 19.2. The van der Waals surface area contributed by atoms with E-state index in [0.29, 0.717) is 24.9 Å². The van der Waals surface area contributed by atoms with Gasteiger partial charge in [0.15, 0.2) is 12.3 Å². The average molecular weight is 382 g/mol. The van der Waals surface area contributed by atoms with Gasteiger partial charge in [0.2, 0.25) is 0 Å². The summed E-state index contributed by atoms with van der Waals surface area (Å²) in [4.78, 5) is 14.3. The van der Waals surface area contributed by atoms with Crippen LogP contribution in [0.4, 0.5) is 14.6 Å². The van der Waals surface area contributed by atoms with Crippen LogP contribution in [0.3, 0.4) is 0 Å². The third-order valence-electron chi connectivity index (χ3n) is 5.33. The number of hydrogen-bond acceptors (Lipinski definition) is 4. The number of ether oxygens (including phenoxy) is 1. The topological polar surface area (TPSA) is 54.0 Å². The van der Waals surface area contributed by atoms with Crippen molar-refractivity contribution in [1.29, 1.82) is 0 Å². The second-order valence-corrected chi connectivity index (χ2v) is 7.17. The van der Waals surface area contributed by atoms with Gasteiger partial charge in [0, 0.05) is 12.6 Å². The monoisotopic (exact) mass is 382 g/mol. The largest absolute Gasteiger partial charge is 0.375 e. The maximum absolute atomic E-state index is 13.9. The maximum Gasteiger partial charge on any atom is 0.150 e. The van der Waals surface area contributed by atoms with Crippen LogP contribution in [-0.4, -0.2) is 47.0 Å². The lowest BCUT2D eigenvalue weighted by molar-refractivity contribution is 0.107. The molecule has 0 amide bonds. The summed E-state index contributed by atoms with van der Waals surface area (Å²) in [6.45, 7) is 1.11. The standard InChI is InChI=1S/C21H20F2N4O/c22-15-10-27(11-16(15)23)21-19(20-25-17-7-9-28-12-18(17)26-20)14(6-8-24-21)13-4-2-1-3-5-13/h1-6,8,15-16H,7,9-12H2,(H,25,26). The normalized spacial score (nSPS) is 21.7. The lowest BCUT2D eigenvalue weighted by atomic mass is 10.00. The third-order valence-corrected chi connectivity index (χ3v) is 5.33. The predicted molar refractivity (Wildman–Crippen MR) is 103 cm³/mol. The van der Waals surface area contributed by atoms with Gasteiger partial charge in [-0.15, -0.1) is 0 Å². The van der Waals surface area contributed by atoms with Crippen molar-refractivity contribution in [2.75, 3.05) is 24.6 Å². The highest BCUT2D eigenvalue weighted by Gasteiger charge is 2.35. The number of pyridine rings is 1. The number of rotatable bonds is 3. The summed E-state index contributed by atoms with van der Waals surface area (Å²) < 4.78 is 33.3. The summed E-state index contributed by atoms with van der Waals surface area (Å²) in [5.41, 5.74) is 4.62. The molecule has 0 radical (unpaired) electrons. The molecule has 0 saturated carbocycles.